The summed E-state index contributed by atoms with van der Waals surface area (Å²) in [4.78, 5) is 13.0. The predicted molar refractivity (Wildman–Crippen MR) is 137 cm³/mol. The van der Waals surface area contributed by atoms with Gasteiger partial charge in [-0.3, -0.25) is 4.79 Å². The molecule has 0 heterocycles. The van der Waals surface area contributed by atoms with Gasteiger partial charge in [-0.15, -0.1) is 0 Å². The Hall–Kier alpha value is -3.47. The van der Waals surface area contributed by atoms with Crippen molar-refractivity contribution in [1.29, 1.82) is 5.26 Å². The molecule has 7 heteroatoms. The van der Waals surface area contributed by atoms with Gasteiger partial charge in [0.25, 0.3) is 0 Å². The van der Waals surface area contributed by atoms with Gasteiger partial charge in [0.05, 0.1) is 16.5 Å². The van der Waals surface area contributed by atoms with E-state index >= 15 is 0 Å². The average molecular weight is 488 g/mol. The Morgan fingerprint density at radius 3 is 2.40 bits per heavy atom. The van der Waals surface area contributed by atoms with E-state index in [9.17, 15) is 13.2 Å². The van der Waals surface area contributed by atoms with E-state index in [-0.39, 0.29) is 22.6 Å². The lowest BCUT2D eigenvalue weighted by molar-refractivity contribution is -0.117. The van der Waals surface area contributed by atoms with Crippen molar-refractivity contribution in [1.82, 2.24) is 4.72 Å². The third-order valence-corrected chi connectivity index (χ3v) is 7.72. The summed E-state index contributed by atoms with van der Waals surface area (Å²) in [5.74, 6) is -0.0585. The van der Waals surface area contributed by atoms with Crippen LogP contribution in [0, 0.1) is 24.2 Å². The summed E-state index contributed by atoms with van der Waals surface area (Å²) in [5, 5.41) is 12.1. The topological polar surface area (TPSA) is 99.1 Å². The largest absolute Gasteiger partial charge is 0.326 e. The Labute approximate surface area is 207 Å². The number of sulfonamides is 1. The van der Waals surface area contributed by atoms with Gasteiger partial charge in [-0.25, -0.2) is 13.1 Å². The molecule has 1 fully saturated rings. The van der Waals surface area contributed by atoms with Gasteiger partial charge >= 0.3 is 0 Å². The number of nitrogens with zero attached hydrogens (tertiary/aromatic N) is 1. The number of anilines is 1. The van der Waals surface area contributed by atoms with Crippen molar-refractivity contribution in [3.63, 3.8) is 0 Å². The molecular formula is C28H29N3O3S. The molecule has 4 rings (SSSR count). The molecule has 2 N–H and O–H groups in total. The van der Waals surface area contributed by atoms with Crippen LogP contribution in [0.4, 0.5) is 5.69 Å². The van der Waals surface area contributed by atoms with E-state index in [4.69, 9.17) is 5.26 Å². The first kappa shape index (κ1) is 24.6. The first-order chi connectivity index (χ1) is 16.5. The highest BCUT2D eigenvalue weighted by Crippen LogP contribution is 2.48. The number of carbonyl (C=O) groups is 1. The Balaban J connectivity index is 1.51. The van der Waals surface area contributed by atoms with Crippen LogP contribution in [-0.4, -0.2) is 19.9 Å². The van der Waals surface area contributed by atoms with E-state index in [0.29, 0.717) is 16.8 Å². The second kappa shape index (κ2) is 9.29. The van der Waals surface area contributed by atoms with Crippen molar-refractivity contribution < 1.29 is 13.2 Å². The van der Waals surface area contributed by atoms with Crippen LogP contribution >= 0.6 is 0 Å². The molecule has 35 heavy (non-hydrogen) atoms. The molecule has 1 aliphatic carbocycles. The zero-order valence-corrected chi connectivity index (χ0v) is 21.1. The molecule has 0 radical (unpaired) electrons. The van der Waals surface area contributed by atoms with Crippen molar-refractivity contribution in [2.45, 2.75) is 50.5 Å². The molecule has 1 amide bonds. The van der Waals surface area contributed by atoms with Crippen LogP contribution in [0.1, 0.15) is 49.8 Å². The van der Waals surface area contributed by atoms with Crippen molar-refractivity contribution in [3.05, 3.63) is 83.4 Å². The fourth-order valence-electron chi connectivity index (χ4n) is 4.22. The number of amides is 1. The number of hydrogen-bond donors (Lipinski definition) is 2. The second-order valence-electron chi connectivity index (χ2n) is 10.1. The number of hydrogen-bond acceptors (Lipinski definition) is 4. The minimum Gasteiger partial charge on any atom is -0.326 e. The van der Waals surface area contributed by atoms with Gasteiger partial charge in [0.1, 0.15) is 0 Å². The number of nitriles is 1. The highest BCUT2D eigenvalue weighted by molar-refractivity contribution is 7.89. The zero-order valence-electron chi connectivity index (χ0n) is 20.3. The van der Waals surface area contributed by atoms with Crippen molar-refractivity contribution in [3.8, 4) is 17.2 Å². The molecule has 1 aliphatic rings. The van der Waals surface area contributed by atoms with Gasteiger partial charge in [-0.2, -0.15) is 5.26 Å². The number of nitrogens with one attached hydrogen (secondary N) is 2. The normalized spacial score (nSPS) is 17.5. The van der Waals surface area contributed by atoms with Crippen LogP contribution in [0.5, 0.6) is 0 Å². The van der Waals surface area contributed by atoms with Crippen LogP contribution in [0.2, 0.25) is 0 Å². The van der Waals surface area contributed by atoms with E-state index < -0.39 is 15.6 Å². The van der Waals surface area contributed by atoms with E-state index in [1.807, 2.05) is 43.3 Å². The second-order valence-corrected chi connectivity index (χ2v) is 11.8. The monoisotopic (exact) mass is 487 g/mol. The van der Waals surface area contributed by atoms with Crippen LogP contribution < -0.4 is 10.0 Å². The Bertz CT molecular complexity index is 1420. The van der Waals surface area contributed by atoms with Crippen molar-refractivity contribution >= 4 is 21.6 Å². The minimum absolute atomic E-state index is 0.0571. The van der Waals surface area contributed by atoms with Crippen molar-refractivity contribution in [2.24, 2.45) is 5.92 Å². The summed E-state index contributed by atoms with van der Waals surface area (Å²) >= 11 is 0. The fraction of sp³-hybridized carbons (Fsp3) is 0.286. The molecule has 0 spiro atoms. The van der Waals surface area contributed by atoms with Crippen LogP contribution in [0.25, 0.3) is 11.1 Å². The minimum atomic E-state index is -3.72. The van der Waals surface area contributed by atoms with Gasteiger partial charge in [0.15, 0.2) is 0 Å². The molecule has 0 aromatic heterocycles. The Morgan fingerprint density at radius 2 is 1.74 bits per heavy atom. The standard InChI is InChI=1S/C28H29N3O3S/c1-18-8-13-26(35(33,34)31-28(2,3)4)24(14-18)20-9-11-22(12-10-20)30-27(32)25-16-23(25)21-7-5-6-19(15-21)17-29/h5-15,23,25,31H,16H2,1-4H3,(H,30,32)/t23-,25-/m1/s1. The maximum atomic E-state index is 13.0. The van der Waals surface area contributed by atoms with Gasteiger partial charge in [0, 0.05) is 22.7 Å². The van der Waals surface area contributed by atoms with Gasteiger partial charge in [-0.1, -0.05) is 42.0 Å². The van der Waals surface area contributed by atoms with Crippen LogP contribution in [0.3, 0.4) is 0 Å². The highest BCUT2D eigenvalue weighted by Gasteiger charge is 2.44. The molecular weight excluding hydrogens is 458 g/mol. The van der Waals surface area contributed by atoms with Gasteiger partial charge < -0.3 is 5.32 Å². The lowest BCUT2D eigenvalue weighted by Gasteiger charge is -2.22. The number of carbonyl (C=O) groups excluding carboxylic acids is 1. The van der Waals surface area contributed by atoms with Crippen LogP contribution in [-0.2, 0) is 14.8 Å². The summed E-state index contributed by atoms with van der Waals surface area (Å²) in [5.41, 5.74) is 3.97. The van der Waals surface area contributed by atoms with E-state index in [1.165, 1.54) is 0 Å². The molecule has 2 atom stereocenters. The van der Waals surface area contributed by atoms with Gasteiger partial charge in [0.2, 0.25) is 15.9 Å². The average Bonchev–Trinajstić information content (AvgIpc) is 3.59. The maximum absolute atomic E-state index is 13.0. The molecule has 6 nitrogen and oxygen atoms in total. The van der Waals surface area contributed by atoms with E-state index in [2.05, 4.69) is 16.1 Å². The number of aryl methyl sites for hydroxylation is 1. The van der Waals surface area contributed by atoms with Crippen LogP contribution in [0.15, 0.2) is 71.6 Å². The molecule has 0 saturated heterocycles. The zero-order chi connectivity index (χ0) is 25.4. The maximum Gasteiger partial charge on any atom is 0.241 e. The van der Waals surface area contributed by atoms with Crippen molar-refractivity contribution in [2.75, 3.05) is 5.32 Å². The number of rotatable bonds is 6. The molecule has 3 aromatic carbocycles. The quantitative estimate of drug-likeness (QED) is 0.489. The molecule has 1 saturated carbocycles. The van der Waals surface area contributed by atoms with E-state index in [0.717, 1.165) is 23.1 Å². The van der Waals surface area contributed by atoms with Gasteiger partial charge in [-0.05, 0) is 81.5 Å². The molecule has 0 unspecified atom stereocenters. The first-order valence-corrected chi connectivity index (χ1v) is 13.0. The molecule has 0 aliphatic heterocycles. The lowest BCUT2D eigenvalue weighted by Crippen LogP contribution is -2.40. The highest BCUT2D eigenvalue weighted by atomic mass is 32.2. The predicted octanol–water partition coefficient (Wildman–Crippen LogP) is 5.35. The first-order valence-electron chi connectivity index (χ1n) is 11.5. The third kappa shape index (κ3) is 5.79. The van der Waals surface area contributed by atoms with E-state index in [1.54, 1.807) is 51.1 Å². The Kier molecular flexibility index (Phi) is 6.54. The fourth-order valence-corrected chi connectivity index (χ4v) is 5.85. The summed E-state index contributed by atoms with van der Waals surface area (Å²) in [6.07, 6.45) is 0.754. The summed E-state index contributed by atoms with van der Waals surface area (Å²) in [7, 11) is -3.72. The Morgan fingerprint density at radius 1 is 1.03 bits per heavy atom. The summed E-state index contributed by atoms with van der Waals surface area (Å²) in [6, 6.07) is 22.0. The smallest absolute Gasteiger partial charge is 0.241 e. The third-order valence-electron chi connectivity index (χ3n) is 5.90. The lowest BCUT2D eigenvalue weighted by atomic mass is 10.0. The summed E-state index contributed by atoms with van der Waals surface area (Å²) < 4.78 is 28.8. The molecule has 0 bridgehead atoms. The SMILES string of the molecule is Cc1ccc(S(=O)(=O)NC(C)(C)C)c(-c2ccc(NC(=O)[C@@H]3C[C@@H]3c3cccc(C#N)c3)cc2)c1. The molecule has 3 aromatic rings. The number of benzene rings is 3. The molecule has 180 valence electrons. The summed E-state index contributed by atoms with van der Waals surface area (Å²) in [6.45, 7) is 7.34.